The van der Waals surface area contributed by atoms with E-state index in [1.54, 1.807) is 12.1 Å². The molecule has 0 aliphatic carbocycles. The smallest absolute Gasteiger partial charge is 0.414 e. The van der Waals surface area contributed by atoms with Crippen molar-refractivity contribution in [3.63, 3.8) is 0 Å². The molecule has 0 aromatic heterocycles. The highest BCUT2D eigenvalue weighted by atomic mass is 32.2. The molecule has 28 heavy (non-hydrogen) atoms. The number of thioether (sulfide) groups is 1. The van der Waals surface area contributed by atoms with Gasteiger partial charge in [-0.05, 0) is 55.4 Å². The molecule has 3 rings (SSSR count). The molecular weight excluding hydrogens is 379 g/mol. The first kappa shape index (κ1) is 21.0. The Hall–Kier alpha value is -1.76. The predicted octanol–water partition coefficient (Wildman–Crippen LogP) is 4.63. The van der Waals surface area contributed by atoms with Crippen LogP contribution in [0.3, 0.4) is 0 Å². The lowest BCUT2D eigenvalue weighted by Crippen LogP contribution is -2.29. The van der Waals surface area contributed by atoms with Gasteiger partial charge in [-0.1, -0.05) is 6.92 Å². The zero-order chi connectivity index (χ0) is 19.9. The topological polar surface area (TPSA) is 49.9 Å². The molecule has 1 atom stereocenters. The van der Waals surface area contributed by atoms with Crippen LogP contribution < -0.4 is 9.80 Å². The molecule has 0 spiro atoms. The first-order valence-corrected chi connectivity index (χ1v) is 11.4. The van der Waals surface area contributed by atoms with Crippen molar-refractivity contribution in [3.8, 4) is 0 Å². The maximum atomic E-state index is 14.8. The molecule has 2 heterocycles. The molecule has 0 unspecified atom stereocenters. The molecule has 1 amide bonds. The number of Topliss-reactive ketones (excluding diaryl/α,β-unsaturated/α-hetero) is 1. The molecule has 0 N–H and O–H groups in total. The van der Waals surface area contributed by atoms with Crippen molar-refractivity contribution in [3.05, 3.63) is 24.0 Å². The highest BCUT2D eigenvalue weighted by Gasteiger charge is 2.33. The van der Waals surface area contributed by atoms with Gasteiger partial charge in [0, 0.05) is 25.9 Å². The summed E-state index contributed by atoms with van der Waals surface area (Å²) in [5.41, 5.74) is 1.11. The monoisotopic (exact) mass is 408 g/mol. The van der Waals surface area contributed by atoms with Gasteiger partial charge in [-0.25, -0.2) is 9.18 Å². The average Bonchev–Trinajstić information content (AvgIpc) is 3.01. The van der Waals surface area contributed by atoms with Crippen molar-refractivity contribution in [2.75, 3.05) is 40.9 Å². The number of rotatable bonds is 7. The summed E-state index contributed by atoms with van der Waals surface area (Å²) in [6.45, 7) is 4.03. The van der Waals surface area contributed by atoms with Crippen molar-refractivity contribution >= 4 is 35.0 Å². The quantitative estimate of drug-likeness (QED) is 0.658. The molecule has 0 saturated carbocycles. The predicted molar refractivity (Wildman–Crippen MR) is 112 cm³/mol. The van der Waals surface area contributed by atoms with Gasteiger partial charge in [-0.3, -0.25) is 9.69 Å². The third-order valence-electron chi connectivity index (χ3n) is 5.17. The van der Waals surface area contributed by atoms with Gasteiger partial charge in [0.2, 0.25) is 0 Å². The lowest BCUT2D eigenvalue weighted by atomic mass is 10.1. The Morgan fingerprint density at radius 1 is 1.25 bits per heavy atom. The second-order valence-electron chi connectivity index (χ2n) is 7.39. The summed E-state index contributed by atoms with van der Waals surface area (Å²) >= 11 is 1.96. The van der Waals surface area contributed by atoms with Gasteiger partial charge in [0.15, 0.2) is 0 Å². The molecule has 2 saturated heterocycles. The molecule has 7 heteroatoms. The highest BCUT2D eigenvalue weighted by Crippen LogP contribution is 2.29. The van der Waals surface area contributed by atoms with E-state index in [1.165, 1.54) is 11.0 Å². The third kappa shape index (κ3) is 5.40. The fraction of sp³-hybridized carbons (Fsp3) is 0.619. The van der Waals surface area contributed by atoms with Gasteiger partial charge in [0.05, 0.1) is 17.9 Å². The molecule has 2 aliphatic heterocycles. The van der Waals surface area contributed by atoms with Crippen molar-refractivity contribution in [2.24, 2.45) is 0 Å². The first-order valence-electron chi connectivity index (χ1n) is 10.2. The van der Waals surface area contributed by atoms with E-state index in [4.69, 9.17) is 4.74 Å². The van der Waals surface area contributed by atoms with Gasteiger partial charge in [0.25, 0.3) is 0 Å². The summed E-state index contributed by atoms with van der Waals surface area (Å²) < 4.78 is 20.2. The minimum atomic E-state index is -0.469. The van der Waals surface area contributed by atoms with Gasteiger partial charge >= 0.3 is 6.09 Å². The van der Waals surface area contributed by atoms with Crippen molar-refractivity contribution in [1.29, 1.82) is 0 Å². The van der Waals surface area contributed by atoms with Crippen LogP contribution in [0.25, 0.3) is 0 Å². The normalized spacial score (nSPS) is 20.6. The molecule has 0 radical (unpaired) electrons. The van der Waals surface area contributed by atoms with Crippen LogP contribution in [-0.4, -0.2) is 49.1 Å². The average molecular weight is 409 g/mol. The molecule has 1 aromatic carbocycles. The summed E-state index contributed by atoms with van der Waals surface area (Å²) in [6, 6.07) is 4.98. The van der Waals surface area contributed by atoms with Gasteiger partial charge in [-0.2, -0.15) is 11.8 Å². The van der Waals surface area contributed by atoms with Crippen LogP contribution in [0.15, 0.2) is 18.2 Å². The molecule has 154 valence electrons. The highest BCUT2D eigenvalue weighted by molar-refractivity contribution is 7.99. The number of hydrogen-bond donors (Lipinski definition) is 0. The summed E-state index contributed by atoms with van der Waals surface area (Å²) in [6.07, 6.45) is 3.63. The van der Waals surface area contributed by atoms with E-state index in [0.717, 1.165) is 43.9 Å². The number of halogens is 1. The zero-order valence-electron chi connectivity index (χ0n) is 16.5. The fourth-order valence-corrected chi connectivity index (χ4v) is 4.57. The van der Waals surface area contributed by atoms with Gasteiger partial charge in [-0.15, -0.1) is 0 Å². The number of cyclic esters (lactones) is 1. The lowest BCUT2D eigenvalue weighted by Gasteiger charge is -2.27. The summed E-state index contributed by atoms with van der Waals surface area (Å²) in [5, 5.41) is 0. The van der Waals surface area contributed by atoms with E-state index in [2.05, 4.69) is 4.90 Å². The van der Waals surface area contributed by atoms with Crippen LogP contribution in [0.4, 0.5) is 20.6 Å². The van der Waals surface area contributed by atoms with Crippen molar-refractivity contribution in [1.82, 2.24) is 0 Å². The summed E-state index contributed by atoms with van der Waals surface area (Å²) in [5.74, 6) is 2.11. The van der Waals surface area contributed by atoms with Crippen LogP contribution >= 0.6 is 11.8 Å². The third-order valence-corrected chi connectivity index (χ3v) is 6.32. The molecule has 2 aliphatic rings. The van der Waals surface area contributed by atoms with Crippen LogP contribution in [-0.2, 0) is 9.53 Å². The minimum Gasteiger partial charge on any atom is -0.444 e. The fourth-order valence-electron chi connectivity index (χ4n) is 3.70. The maximum Gasteiger partial charge on any atom is 0.414 e. The molecule has 0 bridgehead atoms. The number of amides is 1. The number of carbonyl (C=O) groups is 2. The summed E-state index contributed by atoms with van der Waals surface area (Å²) in [4.78, 5) is 27.5. The molecular formula is C21H29FN2O3S. The van der Waals surface area contributed by atoms with Gasteiger partial charge < -0.3 is 9.64 Å². The standard InChI is InChI=1S/C21H29FN2O3S/c1-2-5-17(25)7-8-18-15-24(21(26)27-18)16-6-9-20(19(22)14-16)23-10-3-12-28-13-4-11-23/h6,9,14,18H,2-5,7-8,10-13,15H2,1H3/t18-/m0/s1. The zero-order valence-corrected chi connectivity index (χ0v) is 17.3. The van der Waals surface area contributed by atoms with Crippen LogP contribution in [0.2, 0.25) is 0 Å². The Bertz CT molecular complexity index is 692. The Morgan fingerprint density at radius 3 is 2.68 bits per heavy atom. The van der Waals surface area contributed by atoms with E-state index in [9.17, 15) is 14.0 Å². The number of anilines is 2. The Labute approximate surface area is 170 Å². The van der Waals surface area contributed by atoms with E-state index >= 15 is 0 Å². The number of carbonyl (C=O) groups excluding carboxylic acids is 2. The lowest BCUT2D eigenvalue weighted by molar-refractivity contribution is -0.119. The molecule has 2 fully saturated rings. The van der Waals surface area contributed by atoms with E-state index in [-0.39, 0.29) is 17.7 Å². The largest absolute Gasteiger partial charge is 0.444 e. The van der Waals surface area contributed by atoms with E-state index in [1.807, 2.05) is 18.7 Å². The number of nitrogens with zero attached hydrogens (tertiary/aromatic N) is 2. The molecule has 1 aromatic rings. The van der Waals surface area contributed by atoms with Crippen LogP contribution in [0.5, 0.6) is 0 Å². The van der Waals surface area contributed by atoms with Gasteiger partial charge in [0.1, 0.15) is 17.7 Å². The molecule has 5 nitrogen and oxygen atoms in total. The second-order valence-corrected chi connectivity index (χ2v) is 8.61. The number of benzene rings is 1. The van der Waals surface area contributed by atoms with Crippen LogP contribution in [0, 0.1) is 5.82 Å². The number of ketones is 1. The Kier molecular flexibility index (Phi) is 7.59. The summed E-state index contributed by atoms with van der Waals surface area (Å²) in [7, 11) is 0. The number of ether oxygens (including phenoxy) is 1. The first-order chi connectivity index (χ1) is 13.6. The Morgan fingerprint density at radius 2 is 2.00 bits per heavy atom. The minimum absolute atomic E-state index is 0.194. The maximum absolute atomic E-state index is 14.8. The van der Waals surface area contributed by atoms with E-state index < -0.39 is 6.09 Å². The van der Waals surface area contributed by atoms with Crippen molar-refractivity contribution < 1.29 is 18.7 Å². The second kappa shape index (κ2) is 10.1. The van der Waals surface area contributed by atoms with Crippen molar-refractivity contribution in [2.45, 2.75) is 51.6 Å². The van der Waals surface area contributed by atoms with E-state index in [0.29, 0.717) is 37.2 Å². The number of hydrogen-bond acceptors (Lipinski definition) is 5. The van der Waals surface area contributed by atoms with Crippen LogP contribution in [0.1, 0.15) is 45.4 Å². The SMILES string of the molecule is CCCC(=O)CC[C@H]1CN(c2ccc(N3CCCSCCC3)c(F)c2)C(=O)O1. The Balaban J connectivity index is 1.62.